The van der Waals surface area contributed by atoms with E-state index in [4.69, 9.17) is 4.74 Å². The van der Waals surface area contributed by atoms with Crippen molar-refractivity contribution in [2.24, 2.45) is 0 Å². The summed E-state index contributed by atoms with van der Waals surface area (Å²) in [4.78, 5) is 0. The molecule has 3 nitrogen and oxygen atoms in total. The summed E-state index contributed by atoms with van der Waals surface area (Å²) in [6, 6.07) is 0. The topological polar surface area (TPSA) is 33.3 Å². The highest BCUT2D eigenvalue weighted by Gasteiger charge is 2.10. The second-order valence-corrected chi connectivity index (χ2v) is 4.99. The van der Waals surface area contributed by atoms with Gasteiger partial charge in [-0.1, -0.05) is 51.9 Å². The minimum absolute atomic E-state index is 0.244. The van der Waals surface area contributed by atoms with Gasteiger partial charge in [-0.15, -0.1) is 0 Å². The summed E-state index contributed by atoms with van der Waals surface area (Å²) in [7, 11) is 0. The summed E-state index contributed by atoms with van der Waals surface area (Å²) in [5, 5.41) is 6.78. The molecule has 0 spiro atoms. The third-order valence-corrected chi connectivity index (χ3v) is 3.33. The highest BCUT2D eigenvalue weighted by Crippen LogP contribution is 2.08. The van der Waals surface area contributed by atoms with Crippen molar-refractivity contribution < 1.29 is 4.74 Å². The normalized spacial score (nSPS) is 20.6. The van der Waals surface area contributed by atoms with E-state index in [1.165, 1.54) is 51.4 Å². The van der Waals surface area contributed by atoms with Crippen LogP contribution in [-0.2, 0) is 4.74 Å². The molecule has 0 saturated carbocycles. The largest absolute Gasteiger partial charge is 0.361 e. The zero-order valence-corrected chi connectivity index (χ0v) is 11.5. The highest BCUT2D eigenvalue weighted by molar-refractivity contribution is 4.64. The van der Waals surface area contributed by atoms with E-state index in [2.05, 4.69) is 17.6 Å². The maximum atomic E-state index is 5.58. The zero-order valence-electron chi connectivity index (χ0n) is 11.5. The Morgan fingerprint density at radius 1 is 1.06 bits per heavy atom. The molecule has 1 rings (SSSR count). The third-order valence-electron chi connectivity index (χ3n) is 3.33. The van der Waals surface area contributed by atoms with E-state index in [0.29, 0.717) is 0 Å². The van der Waals surface area contributed by atoms with Crippen LogP contribution in [-0.4, -0.2) is 32.5 Å². The van der Waals surface area contributed by atoms with Gasteiger partial charge in [0.1, 0.15) is 6.23 Å². The van der Waals surface area contributed by atoms with Crippen LogP contribution in [0.3, 0.4) is 0 Å². The van der Waals surface area contributed by atoms with Crippen LogP contribution in [0.25, 0.3) is 0 Å². The lowest BCUT2D eigenvalue weighted by molar-refractivity contribution is 0.00702. The SMILES string of the molecule is CCCCCCCCCCNC1CNCCO1. The molecule has 1 heterocycles. The van der Waals surface area contributed by atoms with Crippen molar-refractivity contribution >= 4 is 0 Å². The summed E-state index contributed by atoms with van der Waals surface area (Å²) in [5.74, 6) is 0. The molecule has 2 N–H and O–H groups in total. The Morgan fingerprint density at radius 3 is 2.41 bits per heavy atom. The van der Waals surface area contributed by atoms with Crippen LogP contribution in [0.5, 0.6) is 0 Å². The minimum atomic E-state index is 0.244. The van der Waals surface area contributed by atoms with Crippen molar-refractivity contribution in [2.45, 2.75) is 64.5 Å². The Bertz CT molecular complexity index is 158. The van der Waals surface area contributed by atoms with Crippen LogP contribution in [0.2, 0.25) is 0 Å². The zero-order chi connectivity index (χ0) is 12.2. The lowest BCUT2D eigenvalue weighted by atomic mass is 10.1. The number of nitrogens with one attached hydrogen (secondary N) is 2. The monoisotopic (exact) mass is 242 g/mol. The van der Waals surface area contributed by atoms with Gasteiger partial charge in [-0.25, -0.2) is 0 Å². The maximum Gasteiger partial charge on any atom is 0.120 e. The molecule has 0 aliphatic carbocycles. The van der Waals surface area contributed by atoms with Gasteiger partial charge >= 0.3 is 0 Å². The van der Waals surface area contributed by atoms with E-state index in [-0.39, 0.29) is 6.23 Å². The number of unbranched alkanes of at least 4 members (excludes halogenated alkanes) is 7. The van der Waals surface area contributed by atoms with E-state index < -0.39 is 0 Å². The smallest absolute Gasteiger partial charge is 0.120 e. The van der Waals surface area contributed by atoms with E-state index >= 15 is 0 Å². The third kappa shape index (κ3) is 8.58. The minimum Gasteiger partial charge on any atom is -0.361 e. The lowest BCUT2D eigenvalue weighted by Crippen LogP contribution is -2.47. The van der Waals surface area contributed by atoms with Gasteiger partial charge in [0.25, 0.3) is 0 Å². The van der Waals surface area contributed by atoms with Crippen LogP contribution in [0.15, 0.2) is 0 Å². The molecule has 0 amide bonds. The van der Waals surface area contributed by atoms with Gasteiger partial charge in [-0.05, 0) is 13.0 Å². The number of hydrogen-bond donors (Lipinski definition) is 2. The Hall–Kier alpha value is -0.120. The van der Waals surface area contributed by atoms with Crippen molar-refractivity contribution in [3.05, 3.63) is 0 Å². The summed E-state index contributed by atoms with van der Waals surface area (Å²) in [6.07, 6.45) is 11.3. The molecule has 1 unspecified atom stereocenters. The molecule has 1 aliphatic heterocycles. The van der Waals surface area contributed by atoms with Gasteiger partial charge in [0, 0.05) is 13.1 Å². The molecule has 0 bridgehead atoms. The Morgan fingerprint density at radius 2 is 1.76 bits per heavy atom. The van der Waals surface area contributed by atoms with Gasteiger partial charge in [-0.3, -0.25) is 5.32 Å². The molecule has 17 heavy (non-hydrogen) atoms. The fourth-order valence-electron chi connectivity index (χ4n) is 2.22. The Labute approximate surface area is 107 Å². The van der Waals surface area contributed by atoms with Gasteiger partial charge in [-0.2, -0.15) is 0 Å². The summed E-state index contributed by atoms with van der Waals surface area (Å²) < 4.78 is 5.58. The molecule has 102 valence electrons. The molecule has 1 saturated heterocycles. The molecule has 0 radical (unpaired) electrons. The molecular formula is C14H30N2O. The highest BCUT2D eigenvalue weighted by atomic mass is 16.5. The standard InChI is InChI=1S/C14H30N2O/c1-2-3-4-5-6-7-8-9-10-16-14-13-15-11-12-17-14/h14-16H,2-13H2,1H3. The number of hydrogen-bond acceptors (Lipinski definition) is 3. The van der Waals surface area contributed by atoms with Crippen LogP contribution in [0.1, 0.15) is 58.3 Å². The van der Waals surface area contributed by atoms with Crippen LogP contribution < -0.4 is 10.6 Å². The number of rotatable bonds is 10. The first-order valence-corrected chi connectivity index (χ1v) is 7.49. The second kappa shape index (κ2) is 11.0. The average molecular weight is 242 g/mol. The fourth-order valence-corrected chi connectivity index (χ4v) is 2.22. The van der Waals surface area contributed by atoms with Crippen molar-refractivity contribution in [1.82, 2.24) is 10.6 Å². The number of morpholine rings is 1. The Kier molecular flexibility index (Phi) is 9.66. The lowest BCUT2D eigenvalue weighted by Gasteiger charge is -2.24. The van der Waals surface area contributed by atoms with Gasteiger partial charge in [0.05, 0.1) is 6.61 Å². The van der Waals surface area contributed by atoms with Crippen LogP contribution >= 0.6 is 0 Å². The quantitative estimate of drug-likeness (QED) is 0.578. The Balaban J connectivity index is 1.75. The number of ether oxygens (including phenoxy) is 1. The van der Waals surface area contributed by atoms with Crippen molar-refractivity contribution in [1.29, 1.82) is 0 Å². The summed E-state index contributed by atoms with van der Waals surface area (Å²) >= 11 is 0. The molecule has 0 aromatic rings. The van der Waals surface area contributed by atoms with Crippen LogP contribution in [0.4, 0.5) is 0 Å². The molecule has 1 atom stereocenters. The summed E-state index contributed by atoms with van der Waals surface area (Å²) in [6.45, 7) is 6.16. The first-order chi connectivity index (χ1) is 8.43. The first-order valence-electron chi connectivity index (χ1n) is 7.49. The second-order valence-electron chi connectivity index (χ2n) is 4.99. The predicted molar refractivity (Wildman–Crippen MR) is 73.2 cm³/mol. The van der Waals surface area contributed by atoms with E-state index in [1.807, 2.05) is 0 Å². The molecule has 0 aromatic carbocycles. The van der Waals surface area contributed by atoms with Gasteiger partial charge in [0.2, 0.25) is 0 Å². The van der Waals surface area contributed by atoms with Crippen molar-refractivity contribution in [3.8, 4) is 0 Å². The molecule has 3 heteroatoms. The van der Waals surface area contributed by atoms with E-state index in [0.717, 1.165) is 26.2 Å². The van der Waals surface area contributed by atoms with E-state index in [1.54, 1.807) is 0 Å². The fraction of sp³-hybridized carbons (Fsp3) is 1.00. The van der Waals surface area contributed by atoms with Gasteiger partial charge < -0.3 is 10.1 Å². The maximum absolute atomic E-state index is 5.58. The first kappa shape index (κ1) is 14.9. The molecule has 0 aromatic heterocycles. The molecule has 1 fully saturated rings. The van der Waals surface area contributed by atoms with Crippen molar-refractivity contribution in [2.75, 3.05) is 26.2 Å². The molecule has 1 aliphatic rings. The van der Waals surface area contributed by atoms with Crippen molar-refractivity contribution in [3.63, 3.8) is 0 Å². The van der Waals surface area contributed by atoms with Gasteiger partial charge in [0.15, 0.2) is 0 Å². The average Bonchev–Trinajstić information content (AvgIpc) is 2.38. The molecular weight excluding hydrogens is 212 g/mol. The van der Waals surface area contributed by atoms with Crippen LogP contribution in [0, 0.1) is 0 Å². The summed E-state index contributed by atoms with van der Waals surface area (Å²) in [5.41, 5.74) is 0. The van der Waals surface area contributed by atoms with E-state index in [9.17, 15) is 0 Å². The predicted octanol–water partition coefficient (Wildman–Crippen LogP) is 2.66.